The summed E-state index contributed by atoms with van der Waals surface area (Å²) in [6.07, 6.45) is 1.80. The predicted octanol–water partition coefficient (Wildman–Crippen LogP) is -0.356. The van der Waals surface area contributed by atoms with Gasteiger partial charge >= 0.3 is 0 Å². The lowest BCUT2D eigenvalue weighted by atomic mass is 10.0. The Bertz CT molecular complexity index is 906. The molecule has 0 aliphatic carbocycles. The third-order valence-corrected chi connectivity index (χ3v) is 3.76. The highest BCUT2D eigenvalue weighted by Crippen LogP contribution is 2.32. The van der Waals surface area contributed by atoms with Gasteiger partial charge in [0.25, 0.3) is 5.91 Å². The molecule has 1 aromatic carbocycles. The fourth-order valence-corrected chi connectivity index (χ4v) is 2.52. The van der Waals surface area contributed by atoms with Crippen LogP contribution in [0.3, 0.4) is 0 Å². The Balaban J connectivity index is 2.11. The summed E-state index contributed by atoms with van der Waals surface area (Å²) in [6.45, 7) is -0.523. The van der Waals surface area contributed by atoms with Crippen LogP contribution in [0.15, 0.2) is 36.8 Å². The molecule has 1 unspecified atom stereocenters. The number of nitrogens with two attached hydrogens (primary N) is 2. The molecule has 0 radical (unpaired) electrons. The highest BCUT2D eigenvalue weighted by Gasteiger charge is 2.21. The highest BCUT2D eigenvalue weighted by atomic mass is 16.3. The minimum atomic E-state index is -1.04. The van der Waals surface area contributed by atoms with Crippen molar-refractivity contribution in [1.29, 1.82) is 0 Å². The summed E-state index contributed by atoms with van der Waals surface area (Å²) >= 11 is 0. The van der Waals surface area contributed by atoms with E-state index in [9.17, 15) is 9.90 Å². The molecule has 130 valence electrons. The molecule has 2 aromatic heterocycles. The van der Waals surface area contributed by atoms with E-state index in [1.165, 1.54) is 10.8 Å². The number of nitrogens with zero attached hydrogens (tertiary/aromatic N) is 3. The molecule has 0 saturated carbocycles. The van der Waals surface area contributed by atoms with E-state index in [0.717, 1.165) is 5.56 Å². The predicted molar refractivity (Wildman–Crippen MR) is 92.7 cm³/mol. The minimum Gasteiger partial charge on any atom is -0.399 e. The third kappa shape index (κ3) is 3.23. The van der Waals surface area contributed by atoms with Crippen molar-refractivity contribution in [2.24, 2.45) is 0 Å². The van der Waals surface area contributed by atoms with Crippen LogP contribution in [0.2, 0.25) is 0 Å². The number of aromatic nitrogens is 3. The van der Waals surface area contributed by atoms with Gasteiger partial charge in [-0.05, 0) is 17.7 Å². The molecule has 1 atom stereocenters. The van der Waals surface area contributed by atoms with Crippen molar-refractivity contribution in [1.82, 2.24) is 19.9 Å². The van der Waals surface area contributed by atoms with Gasteiger partial charge in [-0.1, -0.05) is 12.1 Å². The molecule has 0 saturated heterocycles. The lowest BCUT2D eigenvalue weighted by Crippen LogP contribution is -2.33. The summed E-state index contributed by atoms with van der Waals surface area (Å²) in [5.74, 6) is -0.194. The van der Waals surface area contributed by atoms with E-state index in [-0.39, 0.29) is 12.4 Å². The quantitative estimate of drug-likeness (QED) is 0.397. The summed E-state index contributed by atoms with van der Waals surface area (Å²) in [4.78, 5) is 16.6. The summed E-state index contributed by atoms with van der Waals surface area (Å²) in [7, 11) is 0. The maximum atomic E-state index is 12.6. The molecule has 3 aromatic rings. The zero-order valence-corrected chi connectivity index (χ0v) is 13.3. The van der Waals surface area contributed by atoms with E-state index in [4.69, 9.17) is 16.6 Å². The van der Waals surface area contributed by atoms with Gasteiger partial charge in [0.15, 0.2) is 5.82 Å². The average molecular weight is 342 g/mol. The van der Waals surface area contributed by atoms with Crippen molar-refractivity contribution in [3.8, 4) is 11.1 Å². The first-order valence-corrected chi connectivity index (χ1v) is 7.56. The average Bonchev–Trinajstić information content (AvgIpc) is 3.01. The minimum absolute atomic E-state index is 0.0795. The summed E-state index contributed by atoms with van der Waals surface area (Å²) in [5, 5.41) is 25.0. The number of nitrogen functional groups attached to an aromatic ring is 2. The number of anilines is 2. The number of amides is 1. The fourth-order valence-electron chi connectivity index (χ4n) is 2.52. The van der Waals surface area contributed by atoms with Gasteiger partial charge in [-0.3, -0.25) is 4.79 Å². The number of aliphatic hydroxyl groups excluding tert-OH is 2. The zero-order chi connectivity index (χ0) is 18.0. The number of hydrogen-bond acceptors (Lipinski definition) is 7. The Morgan fingerprint density at radius 2 is 2.00 bits per heavy atom. The molecular weight excluding hydrogens is 324 g/mol. The lowest BCUT2D eigenvalue weighted by Gasteiger charge is -2.10. The largest absolute Gasteiger partial charge is 0.399 e. The van der Waals surface area contributed by atoms with Crippen LogP contribution >= 0.6 is 0 Å². The van der Waals surface area contributed by atoms with Crippen molar-refractivity contribution >= 4 is 22.9 Å². The number of nitrogens with one attached hydrogen (secondary N) is 1. The molecule has 9 heteroatoms. The fraction of sp³-hybridized carbons (Fsp3) is 0.188. The Labute approximate surface area is 142 Å². The van der Waals surface area contributed by atoms with Gasteiger partial charge in [0.2, 0.25) is 0 Å². The zero-order valence-electron chi connectivity index (χ0n) is 13.3. The van der Waals surface area contributed by atoms with Gasteiger partial charge in [0.05, 0.1) is 18.3 Å². The van der Waals surface area contributed by atoms with Crippen LogP contribution in [0, 0.1) is 0 Å². The molecule has 0 spiro atoms. The van der Waals surface area contributed by atoms with Crippen LogP contribution in [-0.2, 0) is 0 Å². The van der Waals surface area contributed by atoms with E-state index in [0.29, 0.717) is 22.3 Å². The number of aliphatic hydroxyl groups is 2. The van der Waals surface area contributed by atoms with Gasteiger partial charge in [0.1, 0.15) is 11.8 Å². The first kappa shape index (κ1) is 16.7. The Morgan fingerprint density at radius 3 is 2.68 bits per heavy atom. The second-order valence-electron chi connectivity index (χ2n) is 5.52. The maximum Gasteiger partial charge on any atom is 0.253 e. The van der Waals surface area contributed by atoms with Gasteiger partial charge in [-0.25, -0.2) is 9.50 Å². The topological polar surface area (TPSA) is 152 Å². The lowest BCUT2D eigenvalue weighted by molar-refractivity contribution is 0.0802. The molecule has 7 N–H and O–H groups in total. The highest BCUT2D eigenvalue weighted by molar-refractivity contribution is 6.07. The molecule has 0 aliphatic heterocycles. The molecule has 9 nitrogen and oxygen atoms in total. The Kier molecular flexibility index (Phi) is 4.50. The van der Waals surface area contributed by atoms with Crippen molar-refractivity contribution in [3.05, 3.63) is 42.4 Å². The molecule has 3 rings (SSSR count). The van der Waals surface area contributed by atoms with Crippen molar-refractivity contribution < 1.29 is 15.0 Å². The third-order valence-electron chi connectivity index (χ3n) is 3.76. The van der Waals surface area contributed by atoms with Gasteiger partial charge in [0, 0.05) is 24.0 Å². The molecule has 0 bridgehead atoms. The van der Waals surface area contributed by atoms with E-state index in [1.807, 2.05) is 0 Å². The van der Waals surface area contributed by atoms with E-state index < -0.39 is 18.6 Å². The molecule has 2 heterocycles. The second kappa shape index (κ2) is 6.75. The summed E-state index contributed by atoms with van der Waals surface area (Å²) in [6, 6.07) is 6.99. The molecule has 25 heavy (non-hydrogen) atoms. The van der Waals surface area contributed by atoms with Crippen LogP contribution in [-0.4, -0.2) is 50.0 Å². The second-order valence-corrected chi connectivity index (χ2v) is 5.52. The molecule has 1 amide bonds. The van der Waals surface area contributed by atoms with Gasteiger partial charge in [-0.15, -0.1) is 0 Å². The van der Waals surface area contributed by atoms with Gasteiger partial charge < -0.3 is 27.0 Å². The van der Waals surface area contributed by atoms with E-state index >= 15 is 0 Å². The standard InChI is InChI=1S/C16H18N6O3/c17-10-3-1-9(2-4-10)13-12(16(25)19-5-11(24)7-23)6-22-14(13)15(18)20-8-21-22/h1-4,6,8,11,23-24H,5,7,17H2,(H,19,25)(H2,18,20,21). The van der Waals surface area contributed by atoms with E-state index in [2.05, 4.69) is 15.4 Å². The molecule has 0 aliphatic rings. The normalized spacial score (nSPS) is 12.2. The Hall–Kier alpha value is -3.17. The molecular formula is C16H18N6O3. The Morgan fingerprint density at radius 1 is 1.28 bits per heavy atom. The number of carbonyl (C=O) groups excluding carboxylic acids is 1. The molecule has 0 fully saturated rings. The number of carbonyl (C=O) groups is 1. The first-order valence-electron chi connectivity index (χ1n) is 7.56. The van der Waals surface area contributed by atoms with Gasteiger partial charge in [-0.2, -0.15) is 5.10 Å². The summed E-state index contributed by atoms with van der Waals surface area (Å²) < 4.78 is 1.48. The first-order chi connectivity index (χ1) is 12.0. The number of fused-ring (bicyclic) bond motifs is 1. The van der Waals surface area contributed by atoms with Crippen molar-refractivity contribution in [2.75, 3.05) is 24.6 Å². The maximum absolute atomic E-state index is 12.6. The smallest absolute Gasteiger partial charge is 0.253 e. The SMILES string of the molecule is Nc1ccc(-c2c(C(=O)NCC(O)CO)cn3ncnc(N)c23)cc1. The number of hydrogen-bond donors (Lipinski definition) is 5. The monoisotopic (exact) mass is 342 g/mol. The van der Waals surface area contributed by atoms with Crippen LogP contribution in [0.25, 0.3) is 16.6 Å². The number of benzene rings is 1. The summed E-state index contributed by atoms with van der Waals surface area (Å²) in [5.41, 5.74) is 14.4. The number of rotatable bonds is 5. The van der Waals surface area contributed by atoms with E-state index in [1.54, 1.807) is 30.5 Å². The van der Waals surface area contributed by atoms with Crippen LogP contribution < -0.4 is 16.8 Å². The van der Waals surface area contributed by atoms with Crippen molar-refractivity contribution in [2.45, 2.75) is 6.10 Å². The van der Waals surface area contributed by atoms with Crippen molar-refractivity contribution in [3.63, 3.8) is 0 Å². The van der Waals surface area contributed by atoms with Crippen LogP contribution in [0.1, 0.15) is 10.4 Å². The van der Waals surface area contributed by atoms with Crippen LogP contribution in [0.5, 0.6) is 0 Å². The van der Waals surface area contributed by atoms with Crippen LogP contribution in [0.4, 0.5) is 11.5 Å².